The van der Waals surface area contributed by atoms with Gasteiger partial charge >= 0.3 is 0 Å². The molecule has 1 fully saturated rings. The van der Waals surface area contributed by atoms with Crippen LogP contribution in [0.5, 0.6) is 11.5 Å². The number of aryl methyl sites for hydroxylation is 1. The Kier molecular flexibility index (Phi) is 7.30. The largest absolute Gasteiger partial charge is 0.493 e. The Balaban J connectivity index is 1.49. The first-order valence-corrected chi connectivity index (χ1v) is 10.1. The minimum atomic E-state index is -0.0362. The molecule has 0 saturated carbocycles. The van der Waals surface area contributed by atoms with Crippen LogP contribution in [0.1, 0.15) is 18.9 Å². The lowest BCUT2D eigenvalue weighted by Gasteiger charge is -2.34. The van der Waals surface area contributed by atoms with Gasteiger partial charge in [0.25, 0.3) is 0 Å². The summed E-state index contributed by atoms with van der Waals surface area (Å²) in [6.45, 7) is 7.38. The van der Waals surface area contributed by atoms with Gasteiger partial charge < -0.3 is 24.6 Å². The summed E-state index contributed by atoms with van der Waals surface area (Å²) in [5.41, 5.74) is 1.75. The number of anilines is 2. The van der Waals surface area contributed by atoms with E-state index in [0.29, 0.717) is 24.3 Å². The summed E-state index contributed by atoms with van der Waals surface area (Å²) in [6, 6.07) is 9.60. The summed E-state index contributed by atoms with van der Waals surface area (Å²) in [5.74, 6) is 2.28. The van der Waals surface area contributed by atoms with Crippen molar-refractivity contribution >= 4 is 17.4 Å². The minimum absolute atomic E-state index is 0.0362. The molecule has 0 spiro atoms. The number of benzene rings is 1. The SMILES string of the molecule is CCN1CCN(c2ccc(NC(=O)CCc3ccc(OC)c(OC)c3)cn2)CC1. The predicted octanol–water partition coefficient (Wildman–Crippen LogP) is 2.81. The fraction of sp³-hybridized carbons (Fsp3) is 0.455. The van der Waals surface area contributed by atoms with Gasteiger partial charge in [0.1, 0.15) is 5.82 Å². The molecule has 0 unspecified atom stereocenters. The number of piperazine rings is 1. The van der Waals surface area contributed by atoms with Gasteiger partial charge in [-0.1, -0.05) is 13.0 Å². The lowest BCUT2D eigenvalue weighted by atomic mass is 10.1. The Labute approximate surface area is 172 Å². The van der Waals surface area contributed by atoms with E-state index in [9.17, 15) is 4.79 Å². The predicted molar refractivity (Wildman–Crippen MR) is 115 cm³/mol. The van der Waals surface area contributed by atoms with E-state index in [2.05, 4.69) is 27.0 Å². The summed E-state index contributed by atoms with van der Waals surface area (Å²) < 4.78 is 10.6. The molecule has 1 saturated heterocycles. The number of nitrogens with zero attached hydrogens (tertiary/aromatic N) is 3. The third-order valence-corrected chi connectivity index (χ3v) is 5.26. The molecular formula is C22H30N4O3. The van der Waals surface area contributed by atoms with Crippen molar-refractivity contribution in [3.63, 3.8) is 0 Å². The van der Waals surface area contributed by atoms with Gasteiger partial charge in [0.2, 0.25) is 5.91 Å². The summed E-state index contributed by atoms with van der Waals surface area (Å²) in [6.07, 6.45) is 2.74. The molecule has 0 atom stereocenters. The molecule has 2 heterocycles. The maximum Gasteiger partial charge on any atom is 0.224 e. The van der Waals surface area contributed by atoms with Crippen LogP contribution in [0.2, 0.25) is 0 Å². The summed E-state index contributed by atoms with van der Waals surface area (Å²) in [5, 5.41) is 2.93. The second kappa shape index (κ2) is 10.1. The summed E-state index contributed by atoms with van der Waals surface area (Å²) in [4.78, 5) is 21.6. The number of ether oxygens (including phenoxy) is 2. The molecule has 2 aromatic rings. The van der Waals surface area contributed by atoms with Crippen molar-refractivity contribution < 1.29 is 14.3 Å². The van der Waals surface area contributed by atoms with Gasteiger partial charge in [0.15, 0.2) is 11.5 Å². The monoisotopic (exact) mass is 398 g/mol. The third kappa shape index (κ3) is 5.60. The molecule has 1 aliphatic heterocycles. The highest BCUT2D eigenvalue weighted by Crippen LogP contribution is 2.28. The maximum atomic E-state index is 12.3. The number of likely N-dealkylation sites (N-methyl/N-ethyl adjacent to an activating group) is 1. The molecule has 156 valence electrons. The van der Waals surface area contributed by atoms with Gasteiger partial charge in [-0.2, -0.15) is 0 Å². The molecule has 7 nitrogen and oxygen atoms in total. The normalized spacial score (nSPS) is 14.5. The number of amides is 1. The van der Waals surface area contributed by atoms with Crippen molar-refractivity contribution in [3.8, 4) is 11.5 Å². The number of pyridine rings is 1. The maximum absolute atomic E-state index is 12.3. The Bertz CT molecular complexity index is 802. The van der Waals surface area contributed by atoms with Crippen LogP contribution in [0.15, 0.2) is 36.5 Å². The van der Waals surface area contributed by atoms with Gasteiger partial charge in [0.05, 0.1) is 26.1 Å². The molecule has 29 heavy (non-hydrogen) atoms. The van der Waals surface area contributed by atoms with Gasteiger partial charge in [-0.3, -0.25) is 4.79 Å². The minimum Gasteiger partial charge on any atom is -0.493 e. The van der Waals surface area contributed by atoms with Crippen LogP contribution in [0.25, 0.3) is 0 Å². The molecule has 1 aliphatic rings. The lowest BCUT2D eigenvalue weighted by Crippen LogP contribution is -2.46. The molecule has 0 radical (unpaired) electrons. The molecule has 1 N–H and O–H groups in total. The van der Waals surface area contributed by atoms with Crippen molar-refractivity contribution in [3.05, 3.63) is 42.1 Å². The van der Waals surface area contributed by atoms with Gasteiger partial charge in [-0.15, -0.1) is 0 Å². The highest BCUT2D eigenvalue weighted by atomic mass is 16.5. The fourth-order valence-corrected chi connectivity index (χ4v) is 3.46. The van der Waals surface area contributed by atoms with E-state index in [4.69, 9.17) is 9.47 Å². The zero-order valence-electron chi connectivity index (χ0n) is 17.5. The fourth-order valence-electron chi connectivity index (χ4n) is 3.46. The molecule has 7 heteroatoms. The van der Waals surface area contributed by atoms with Crippen molar-refractivity contribution in [2.45, 2.75) is 19.8 Å². The average molecular weight is 399 g/mol. The highest BCUT2D eigenvalue weighted by Gasteiger charge is 2.16. The van der Waals surface area contributed by atoms with E-state index in [1.807, 2.05) is 30.3 Å². The Morgan fingerprint density at radius 2 is 1.83 bits per heavy atom. The van der Waals surface area contributed by atoms with Gasteiger partial charge in [-0.25, -0.2) is 4.98 Å². The molecule has 1 aromatic carbocycles. The van der Waals surface area contributed by atoms with Crippen molar-refractivity contribution in [2.24, 2.45) is 0 Å². The number of methoxy groups -OCH3 is 2. The van der Waals surface area contributed by atoms with Crippen LogP contribution in [0, 0.1) is 0 Å². The second-order valence-electron chi connectivity index (χ2n) is 7.06. The first-order valence-electron chi connectivity index (χ1n) is 10.1. The van der Waals surface area contributed by atoms with E-state index in [1.54, 1.807) is 20.4 Å². The second-order valence-corrected chi connectivity index (χ2v) is 7.06. The number of carbonyl (C=O) groups excluding carboxylic acids is 1. The van der Waals surface area contributed by atoms with Crippen molar-refractivity contribution in [1.29, 1.82) is 0 Å². The van der Waals surface area contributed by atoms with Crippen LogP contribution in [0.3, 0.4) is 0 Å². The van der Waals surface area contributed by atoms with Gasteiger partial charge in [-0.05, 0) is 42.8 Å². The van der Waals surface area contributed by atoms with E-state index >= 15 is 0 Å². The van der Waals surface area contributed by atoms with Gasteiger partial charge in [0, 0.05) is 32.6 Å². The first kappa shape index (κ1) is 20.9. The topological polar surface area (TPSA) is 66.9 Å². The molecule has 0 aliphatic carbocycles. The smallest absolute Gasteiger partial charge is 0.224 e. The number of rotatable bonds is 8. The first-order chi connectivity index (χ1) is 14.1. The number of aromatic nitrogens is 1. The summed E-state index contributed by atoms with van der Waals surface area (Å²) in [7, 11) is 3.21. The van der Waals surface area contributed by atoms with Crippen molar-refractivity contribution in [2.75, 3.05) is 57.2 Å². The molecular weight excluding hydrogens is 368 g/mol. The number of nitrogens with one attached hydrogen (secondary N) is 1. The Morgan fingerprint density at radius 1 is 1.07 bits per heavy atom. The van der Waals surface area contributed by atoms with Crippen LogP contribution >= 0.6 is 0 Å². The highest BCUT2D eigenvalue weighted by molar-refractivity contribution is 5.90. The quantitative estimate of drug-likeness (QED) is 0.738. The molecule has 0 bridgehead atoms. The Hall–Kier alpha value is -2.80. The molecule has 3 rings (SSSR count). The van der Waals surface area contributed by atoms with E-state index in [1.165, 1.54) is 0 Å². The molecule has 1 amide bonds. The van der Waals surface area contributed by atoms with E-state index in [0.717, 1.165) is 49.8 Å². The molecule has 1 aromatic heterocycles. The van der Waals surface area contributed by atoms with Crippen LogP contribution in [-0.4, -0.2) is 62.7 Å². The van der Waals surface area contributed by atoms with Crippen molar-refractivity contribution in [1.82, 2.24) is 9.88 Å². The van der Waals surface area contributed by atoms with E-state index in [-0.39, 0.29) is 5.91 Å². The Morgan fingerprint density at radius 3 is 2.45 bits per heavy atom. The third-order valence-electron chi connectivity index (χ3n) is 5.26. The van der Waals surface area contributed by atoms with E-state index < -0.39 is 0 Å². The zero-order chi connectivity index (χ0) is 20.6. The van der Waals surface area contributed by atoms with Crippen LogP contribution in [-0.2, 0) is 11.2 Å². The number of hydrogen-bond donors (Lipinski definition) is 1. The number of hydrogen-bond acceptors (Lipinski definition) is 6. The van der Waals surface area contributed by atoms with Crippen LogP contribution in [0.4, 0.5) is 11.5 Å². The van der Waals surface area contributed by atoms with Crippen LogP contribution < -0.4 is 19.7 Å². The average Bonchev–Trinajstić information content (AvgIpc) is 2.78. The number of carbonyl (C=O) groups is 1. The standard InChI is InChI=1S/C22H30N4O3/c1-4-25-11-13-26(14-12-25)21-9-7-18(16-23-21)24-22(27)10-6-17-5-8-19(28-2)20(15-17)29-3/h5,7-9,15-16H,4,6,10-14H2,1-3H3,(H,24,27). The summed E-state index contributed by atoms with van der Waals surface area (Å²) >= 11 is 0. The zero-order valence-corrected chi connectivity index (χ0v) is 17.5. The lowest BCUT2D eigenvalue weighted by molar-refractivity contribution is -0.116.